The number of aromatic nitrogens is 2. The number of carbonyl (C=O) groups excluding carboxylic acids is 1. The van der Waals surface area contributed by atoms with Crippen molar-refractivity contribution in [3.63, 3.8) is 0 Å². The van der Waals surface area contributed by atoms with Gasteiger partial charge in [-0.2, -0.15) is 0 Å². The van der Waals surface area contributed by atoms with E-state index in [4.69, 9.17) is 0 Å². The standard InChI is InChI=1S/C22H23N3OS/c1-2-15-25(16-20-7-3-5-13-23-20)22(26)19-11-9-18(10-12-19)17-27-21-8-4-6-14-24-21/h3-14H,2,15-17H2,1H3. The topological polar surface area (TPSA) is 46.1 Å². The molecular weight excluding hydrogens is 354 g/mol. The van der Waals surface area contributed by atoms with Gasteiger partial charge in [0, 0.05) is 30.3 Å². The molecule has 0 spiro atoms. The molecule has 27 heavy (non-hydrogen) atoms. The fraction of sp³-hybridized carbons (Fsp3) is 0.227. The van der Waals surface area contributed by atoms with Crippen molar-refractivity contribution >= 4 is 17.7 Å². The molecule has 0 bridgehead atoms. The predicted molar refractivity (Wildman–Crippen MR) is 110 cm³/mol. The van der Waals surface area contributed by atoms with Crippen molar-refractivity contribution in [1.29, 1.82) is 0 Å². The maximum atomic E-state index is 12.9. The van der Waals surface area contributed by atoms with Gasteiger partial charge in [-0.15, -0.1) is 11.8 Å². The smallest absolute Gasteiger partial charge is 0.254 e. The van der Waals surface area contributed by atoms with Crippen LogP contribution in [-0.4, -0.2) is 27.3 Å². The first-order chi connectivity index (χ1) is 13.3. The summed E-state index contributed by atoms with van der Waals surface area (Å²) in [6, 6.07) is 19.6. The van der Waals surface area contributed by atoms with E-state index in [0.717, 1.165) is 22.9 Å². The number of carbonyl (C=O) groups is 1. The Hall–Kier alpha value is -2.66. The lowest BCUT2D eigenvalue weighted by molar-refractivity contribution is 0.0741. The van der Waals surface area contributed by atoms with Crippen LogP contribution in [0.2, 0.25) is 0 Å². The van der Waals surface area contributed by atoms with Crippen molar-refractivity contribution in [2.75, 3.05) is 6.54 Å². The van der Waals surface area contributed by atoms with Crippen LogP contribution in [0.5, 0.6) is 0 Å². The summed E-state index contributed by atoms with van der Waals surface area (Å²) in [5.41, 5.74) is 2.79. The lowest BCUT2D eigenvalue weighted by Crippen LogP contribution is -2.31. The first-order valence-electron chi connectivity index (χ1n) is 9.08. The molecule has 0 aliphatic rings. The summed E-state index contributed by atoms with van der Waals surface area (Å²) >= 11 is 1.69. The highest BCUT2D eigenvalue weighted by atomic mass is 32.2. The fourth-order valence-corrected chi connectivity index (χ4v) is 3.54. The molecule has 0 unspecified atom stereocenters. The van der Waals surface area contributed by atoms with Gasteiger partial charge < -0.3 is 4.90 Å². The van der Waals surface area contributed by atoms with Crippen LogP contribution < -0.4 is 0 Å². The van der Waals surface area contributed by atoms with E-state index in [1.54, 1.807) is 24.2 Å². The molecule has 3 aromatic rings. The monoisotopic (exact) mass is 377 g/mol. The second-order valence-electron chi connectivity index (χ2n) is 6.20. The normalized spacial score (nSPS) is 10.6. The molecule has 0 radical (unpaired) electrons. The van der Waals surface area contributed by atoms with Gasteiger partial charge in [-0.3, -0.25) is 9.78 Å². The highest BCUT2D eigenvalue weighted by Crippen LogP contribution is 2.21. The largest absolute Gasteiger partial charge is 0.333 e. The number of hydrogen-bond donors (Lipinski definition) is 0. The predicted octanol–water partition coefficient (Wildman–Crippen LogP) is 4.82. The lowest BCUT2D eigenvalue weighted by atomic mass is 10.1. The summed E-state index contributed by atoms with van der Waals surface area (Å²) in [6.07, 6.45) is 4.48. The highest BCUT2D eigenvalue weighted by molar-refractivity contribution is 7.98. The lowest BCUT2D eigenvalue weighted by Gasteiger charge is -2.22. The minimum atomic E-state index is 0.0476. The Bertz CT molecular complexity index is 838. The molecule has 138 valence electrons. The van der Waals surface area contributed by atoms with Gasteiger partial charge in [0.15, 0.2) is 0 Å². The number of pyridine rings is 2. The molecule has 2 aromatic heterocycles. The number of amides is 1. The van der Waals surface area contributed by atoms with Crippen molar-refractivity contribution in [3.8, 4) is 0 Å². The third kappa shape index (κ3) is 5.66. The Morgan fingerprint density at radius 3 is 2.33 bits per heavy atom. The van der Waals surface area contributed by atoms with Crippen LogP contribution in [0.1, 0.15) is 35.0 Å². The third-order valence-corrected chi connectivity index (χ3v) is 5.10. The fourth-order valence-electron chi connectivity index (χ4n) is 2.73. The van der Waals surface area contributed by atoms with Crippen LogP contribution in [0.3, 0.4) is 0 Å². The van der Waals surface area contributed by atoms with Crippen molar-refractivity contribution < 1.29 is 4.79 Å². The van der Waals surface area contributed by atoms with Crippen LogP contribution in [-0.2, 0) is 12.3 Å². The van der Waals surface area contributed by atoms with Crippen molar-refractivity contribution in [2.24, 2.45) is 0 Å². The van der Waals surface area contributed by atoms with Gasteiger partial charge in [-0.25, -0.2) is 4.98 Å². The molecule has 2 heterocycles. The van der Waals surface area contributed by atoms with E-state index < -0.39 is 0 Å². The summed E-state index contributed by atoms with van der Waals surface area (Å²) < 4.78 is 0. The third-order valence-electron chi connectivity index (χ3n) is 4.09. The number of rotatable bonds is 8. The molecule has 0 saturated heterocycles. The zero-order valence-corrected chi connectivity index (χ0v) is 16.2. The second kappa shape index (κ2) is 9.88. The van der Waals surface area contributed by atoms with Gasteiger partial charge >= 0.3 is 0 Å². The molecule has 0 atom stereocenters. The van der Waals surface area contributed by atoms with E-state index in [1.165, 1.54) is 5.56 Å². The number of thioether (sulfide) groups is 1. The van der Waals surface area contributed by atoms with Crippen molar-refractivity contribution in [1.82, 2.24) is 14.9 Å². The zero-order valence-electron chi connectivity index (χ0n) is 15.4. The maximum absolute atomic E-state index is 12.9. The van der Waals surface area contributed by atoms with Gasteiger partial charge in [-0.05, 0) is 48.4 Å². The average Bonchev–Trinajstić information content (AvgIpc) is 2.73. The van der Waals surface area contributed by atoms with E-state index in [-0.39, 0.29) is 5.91 Å². The average molecular weight is 378 g/mol. The molecule has 0 saturated carbocycles. The minimum absolute atomic E-state index is 0.0476. The minimum Gasteiger partial charge on any atom is -0.333 e. The van der Waals surface area contributed by atoms with Crippen molar-refractivity contribution in [2.45, 2.75) is 30.7 Å². The van der Waals surface area contributed by atoms with Crippen molar-refractivity contribution in [3.05, 3.63) is 89.9 Å². The number of nitrogens with zero attached hydrogens (tertiary/aromatic N) is 3. The van der Waals surface area contributed by atoms with Crippen LogP contribution in [0.25, 0.3) is 0 Å². The van der Waals surface area contributed by atoms with Crippen LogP contribution >= 0.6 is 11.8 Å². The molecule has 3 rings (SSSR count). The van der Waals surface area contributed by atoms with Gasteiger partial charge in [0.1, 0.15) is 0 Å². The molecule has 1 aromatic carbocycles. The summed E-state index contributed by atoms with van der Waals surface area (Å²) in [7, 11) is 0. The Kier molecular flexibility index (Phi) is 6.99. The Labute approximate surface area is 164 Å². The van der Waals surface area contributed by atoms with Gasteiger partial charge in [0.2, 0.25) is 0 Å². The van der Waals surface area contributed by atoms with E-state index in [2.05, 4.69) is 16.9 Å². The number of benzene rings is 1. The molecule has 0 fully saturated rings. The molecule has 0 N–H and O–H groups in total. The quantitative estimate of drug-likeness (QED) is 0.528. The Morgan fingerprint density at radius 2 is 1.70 bits per heavy atom. The first kappa shape index (κ1) is 19.1. The summed E-state index contributed by atoms with van der Waals surface area (Å²) in [5.74, 6) is 0.879. The van der Waals surface area contributed by atoms with Crippen LogP contribution in [0.15, 0.2) is 78.1 Å². The van der Waals surface area contributed by atoms with E-state index >= 15 is 0 Å². The summed E-state index contributed by atoms with van der Waals surface area (Å²) in [5, 5.41) is 1.00. The molecule has 0 aliphatic heterocycles. The molecule has 5 heteroatoms. The summed E-state index contributed by atoms with van der Waals surface area (Å²) in [6.45, 7) is 3.33. The van der Waals surface area contributed by atoms with E-state index in [0.29, 0.717) is 18.7 Å². The van der Waals surface area contributed by atoms with Gasteiger partial charge in [0.25, 0.3) is 5.91 Å². The zero-order chi connectivity index (χ0) is 18.9. The molecule has 4 nitrogen and oxygen atoms in total. The second-order valence-corrected chi connectivity index (χ2v) is 7.20. The molecule has 0 aliphatic carbocycles. The van der Waals surface area contributed by atoms with Crippen LogP contribution in [0, 0.1) is 0 Å². The highest BCUT2D eigenvalue weighted by Gasteiger charge is 2.16. The first-order valence-corrected chi connectivity index (χ1v) is 10.1. The van der Waals surface area contributed by atoms with Gasteiger partial charge in [0.05, 0.1) is 17.3 Å². The van der Waals surface area contributed by atoms with E-state index in [9.17, 15) is 4.79 Å². The SMILES string of the molecule is CCCN(Cc1ccccn1)C(=O)c1ccc(CSc2ccccn2)cc1. The molecular formula is C22H23N3OS. The maximum Gasteiger partial charge on any atom is 0.254 e. The Morgan fingerprint density at radius 1 is 0.963 bits per heavy atom. The van der Waals surface area contributed by atoms with Crippen LogP contribution in [0.4, 0.5) is 0 Å². The Balaban J connectivity index is 1.64. The number of hydrogen-bond acceptors (Lipinski definition) is 4. The van der Waals surface area contributed by atoms with E-state index in [1.807, 2.05) is 65.6 Å². The van der Waals surface area contributed by atoms with Gasteiger partial charge in [-0.1, -0.05) is 31.2 Å². The molecule has 1 amide bonds. The summed E-state index contributed by atoms with van der Waals surface area (Å²) in [4.78, 5) is 23.4.